The van der Waals surface area contributed by atoms with Crippen molar-refractivity contribution < 1.29 is 4.79 Å². The first-order chi connectivity index (χ1) is 12.4. The molecular weight excluding hydrogens is 369 g/mol. The van der Waals surface area contributed by atoms with Crippen LogP contribution in [-0.2, 0) is 6.54 Å². The number of carbonyl (C=O) groups excluding carboxylic acids is 1. The largest absolute Gasteiger partial charge is 0.380 e. The summed E-state index contributed by atoms with van der Waals surface area (Å²) in [6.07, 6.45) is 0. The third-order valence-corrected chi connectivity index (χ3v) is 4.96. The molecule has 1 N–H and O–H groups in total. The number of fused-ring (bicyclic) bond motifs is 1. The number of nitrogens with one attached hydrogen (secondary N) is 1. The van der Waals surface area contributed by atoms with Crippen LogP contribution < -0.4 is 5.32 Å². The number of hydrogen-bond acceptors (Lipinski definition) is 3. The maximum Gasteiger partial charge on any atom is 0.255 e. The fourth-order valence-corrected chi connectivity index (χ4v) is 3.20. The summed E-state index contributed by atoms with van der Waals surface area (Å²) in [5.41, 5.74) is 3.90. The van der Waals surface area contributed by atoms with Crippen LogP contribution in [0.15, 0.2) is 42.5 Å². The molecule has 134 valence electrons. The van der Waals surface area contributed by atoms with E-state index in [-0.39, 0.29) is 5.91 Å². The Morgan fingerprint density at radius 3 is 2.62 bits per heavy atom. The van der Waals surface area contributed by atoms with E-state index in [1.165, 1.54) is 0 Å². The number of aryl methyl sites for hydroxylation is 1. The molecule has 6 heteroatoms. The first-order valence-electron chi connectivity index (χ1n) is 8.17. The summed E-state index contributed by atoms with van der Waals surface area (Å²) < 4.78 is 0. The minimum Gasteiger partial charge on any atom is -0.380 e. The predicted octanol–water partition coefficient (Wildman–Crippen LogP) is 5.16. The Hall–Kier alpha value is -2.30. The fraction of sp³-hybridized carbons (Fsp3) is 0.200. The predicted molar refractivity (Wildman–Crippen MR) is 108 cm³/mol. The molecule has 0 bridgehead atoms. The molecule has 2 aromatic carbocycles. The fourth-order valence-electron chi connectivity index (χ4n) is 2.81. The summed E-state index contributed by atoms with van der Waals surface area (Å²) in [7, 11) is 3.47. The molecule has 0 unspecified atom stereocenters. The van der Waals surface area contributed by atoms with Gasteiger partial charge in [0.05, 0.1) is 21.1 Å². The molecule has 0 fully saturated rings. The number of benzene rings is 2. The molecule has 1 aromatic heterocycles. The van der Waals surface area contributed by atoms with Crippen LogP contribution in [0.4, 0.5) is 5.69 Å². The highest BCUT2D eigenvalue weighted by Gasteiger charge is 2.15. The minimum absolute atomic E-state index is 0.0717. The summed E-state index contributed by atoms with van der Waals surface area (Å²) in [4.78, 5) is 18.6. The molecule has 3 aromatic rings. The Labute approximate surface area is 162 Å². The van der Waals surface area contributed by atoms with E-state index < -0.39 is 0 Å². The Bertz CT molecular complexity index is 986. The van der Waals surface area contributed by atoms with Crippen molar-refractivity contribution in [1.29, 1.82) is 0 Å². The van der Waals surface area contributed by atoms with Gasteiger partial charge in [-0.05, 0) is 30.7 Å². The van der Waals surface area contributed by atoms with Crippen molar-refractivity contribution in [3.05, 3.63) is 69.3 Å². The van der Waals surface area contributed by atoms with Crippen LogP contribution in [0, 0.1) is 6.92 Å². The zero-order chi connectivity index (χ0) is 18.8. The van der Waals surface area contributed by atoms with Gasteiger partial charge in [-0.2, -0.15) is 0 Å². The quantitative estimate of drug-likeness (QED) is 0.671. The average molecular weight is 388 g/mol. The zero-order valence-corrected chi connectivity index (χ0v) is 16.3. The lowest BCUT2D eigenvalue weighted by Crippen LogP contribution is -2.22. The van der Waals surface area contributed by atoms with E-state index >= 15 is 0 Å². The molecule has 1 amide bonds. The first-order valence-corrected chi connectivity index (χ1v) is 8.93. The Kier molecular flexibility index (Phi) is 5.35. The molecule has 0 aliphatic heterocycles. The summed E-state index contributed by atoms with van der Waals surface area (Å²) >= 11 is 12.4. The lowest BCUT2D eigenvalue weighted by atomic mass is 10.1. The van der Waals surface area contributed by atoms with E-state index in [1.807, 2.05) is 37.3 Å². The van der Waals surface area contributed by atoms with Crippen molar-refractivity contribution in [3.8, 4) is 0 Å². The van der Waals surface area contributed by atoms with E-state index in [9.17, 15) is 4.79 Å². The second kappa shape index (κ2) is 7.52. The molecule has 0 radical (unpaired) electrons. The molecule has 0 spiro atoms. The van der Waals surface area contributed by atoms with Crippen LogP contribution in [0.3, 0.4) is 0 Å². The normalized spacial score (nSPS) is 10.8. The third kappa shape index (κ3) is 3.62. The van der Waals surface area contributed by atoms with Gasteiger partial charge in [-0.3, -0.25) is 9.78 Å². The standard InChI is InChI=1S/C20H19Cl2N3O/c1-12-10-17(23-11-13-6-4-9-16(21)18(13)22)14-7-5-8-15(19(14)24-12)20(26)25(2)3/h4-10H,11H2,1-3H3,(H,23,24). The zero-order valence-electron chi connectivity index (χ0n) is 14.8. The van der Waals surface area contributed by atoms with Crippen LogP contribution in [0.1, 0.15) is 21.6 Å². The lowest BCUT2D eigenvalue weighted by molar-refractivity contribution is 0.0829. The number of anilines is 1. The molecule has 0 aliphatic rings. The van der Waals surface area contributed by atoms with Gasteiger partial charge < -0.3 is 10.2 Å². The molecule has 0 atom stereocenters. The van der Waals surface area contributed by atoms with Gasteiger partial charge in [0.1, 0.15) is 0 Å². The molecule has 3 rings (SSSR count). The van der Waals surface area contributed by atoms with Gasteiger partial charge in [-0.15, -0.1) is 0 Å². The summed E-state index contributed by atoms with van der Waals surface area (Å²) in [5.74, 6) is -0.0717. The number of aromatic nitrogens is 1. The molecule has 26 heavy (non-hydrogen) atoms. The highest BCUT2D eigenvalue weighted by molar-refractivity contribution is 6.42. The van der Waals surface area contributed by atoms with Crippen LogP contribution >= 0.6 is 23.2 Å². The van der Waals surface area contributed by atoms with E-state index in [4.69, 9.17) is 23.2 Å². The van der Waals surface area contributed by atoms with Gasteiger partial charge >= 0.3 is 0 Å². The SMILES string of the molecule is Cc1cc(NCc2cccc(Cl)c2Cl)c2cccc(C(=O)N(C)C)c2n1. The topological polar surface area (TPSA) is 45.2 Å². The maximum absolute atomic E-state index is 12.5. The number of halogens is 2. The number of pyridine rings is 1. The van der Waals surface area contributed by atoms with Gasteiger partial charge in [0.15, 0.2) is 0 Å². The number of para-hydroxylation sites is 1. The lowest BCUT2D eigenvalue weighted by Gasteiger charge is -2.15. The summed E-state index contributed by atoms with van der Waals surface area (Å²) in [6.45, 7) is 2.43. The van der Waals surface area contributed by atoms with Crippen molar-refractivity contribution >= 4 is 45.7 Å². The smallest absolute Gasteiger partial charge is 0.255 e. The first kappa shape index (κ1) is 18.5. The second-order valence-electron chi connectivity index (χ2n) is 6.28. The number of amides is 1. The molecule has 4 nitrogen and oxygen atoms in total. The average Bonchev–Trinajstić information content (AvgIpc) is 2.61. The highest BCUT2D eigenvalue weighted by Crippen LogP contribution is 2.29. The van der Waals surface area contributed by atoms with Gasteiger partial charge in [0, 0.05) is 37.4 Å². The molecular formula is C20H19Cl2N3O. The molecule has 1 heterocycles. The van der Waals surface area contributed by atoms with Crippen LogP contribution in [0.5, 0.6) is 0 Å². The van der Waals surface area contributed by atoms with Gasteiger partial charge in [-0.1, -0.05) is 47.5 Å². The van der Waals surface area contributed by atoms with Crippen LogP contribution in [0.2, 0.25) is 10.0 Å². The van der Waals surface area contributed by atoms with E-state index in [0.29, 0.717) is 27.7 Å². The van der Waals surface area contributed by atoms with Crippen molar-refractivity contribution in [2.45, 2.75) is 13.5 Å². The number of hydrogen-bond donors (Lipinski definition) is 1. The Morgan fingerprint density at radius 2 is 1.88 bits per heavy atom. The number of nitrogens with zero attached hydrogens (tertiary/aromatic N) is 2. The highest BCUT2D eigenvalue weighted by atomic mass is 35.5. The van der Waals surface area contributed by atoms with Gasteiger partial charge in [-0.25, -0.2) is 0 Å². The summed E-state index contributed by atoms with van der Waals surface area (Å²) in [5, 5.41) is 5.36. The Balaban J connectivity index is 2.02. The number of rotatable bonds is 4. The van der Waals surface area contributed by atoms with Crippen molar-refractivity contribution in [3.63, 3.8) is 0 Å². The Morgan fingerprint density at radius 1 is 1.15 bits per heavy atom. The van der Waals surface area contributed by atoms with E-state index in [2.05, 4.69) is 10.3 Å². The molecule has 0 saturated carbocycles. The molecule has 0 saturated heterocycles. The third-order valence-electron chi connectivity index (χ3n) is 4.11. The molecule has 0 aliphatic carbocycles. The van der Waals surface area contributed by atoms with E-state index in [0.717, 1.165) is 22.3 Å². The van der Waals surface area contributed by atoms with Crippen molar-refractivity contribution in [2.24, 2.45) is 0 Å². The second-order valence-corrected chi connectivity index (χ2v) is 7.06. The van der Waals surface area contributed by atoms with Crippen molar-refractivity contribution in [1.82, 2.24) is 9.88 Å². The van der Waals surface area contributed by atoms with Gasteiger partial charge in [0.2, 0.25) is 0 Å². The van der Waals surface area contributed by atoms with Crippen LogP contribution in [0.25, 0.3) is 10.9 Å². The number of carbonyl (C=O) groups is 1. The summed E-state index contributed by atoms with van der Waals surface area (Å²) in [6, 6.07) is 13.1. The monoisotopic (exact) mass is 387 g/mol. The van der Waals surface area contributed by atoms with Crippen molar-refractivity contribution in [2.75, 3.05) is 19.4 Å². The minimum atomic E-state index is -0.0717. The maximum atomic E-state index is 12.5. The van der Waals surface area contributed by atoms with Crippen LogP contribution in [-0.4, -0.2) is 29.9 Å². The van der Waals surface area contributed by atoms with Gasteiger partial charge in [0.25, 0.3) is 5.91 Å². The van der Waals surface area contributed by atoms with E-state index in [1.54, 1.807) is 31.1 Å².